The molecule has 1 aliphatic heterocycles. The highest BCUT2D eigenvalue weighted by atomic mass is 16.3. The summed E-state index contributed by atoms with van der Waals surface area (Å²) in [7, 11) is 0. The summed E-state index contributed by atoms with van der Waals surface area (Å²) in [6.45, 7) is 1.56. The molecule has 8 nitrogen and oxygen atoms in total. The molecule has 1 saturated heterocycles. The zero-order valence-electron chi connectivity index (χ0n) is 18.3. The van der Waals surface area contributed by atoms with Crippen LogP contribution in [0.4, 0.5) is 5.95 Å². The van der Waals surface area contributed by atoms with E-state index < -0.39 is 0 Å². The van der Waals surface area contributed by atoms with Gasteiger partial charge in [-0.1, -0.05) is 24.3 Å². The van der Waals surface area contributed by atoms with Gasteiger partial charge in [-0.2, -0.15) is 0 Å². The number of rotatable bonds is 11. The molecule has 170 valence electrons. The number of hydrogen-bond acceptors (Lipinski definition) is 7. The van der Waals surface area contributed by atoms with E-state index in [2.05, 4.69) is 14.9 Å². The first-order chi connectivity index (χ1) is 15.5. The number of anilines is 1. The third kappa shape index (κ3) is 6.68. The Morgan fingerprint density at radius 2 is 1.84 bits per heavy atom. The van der Waals surface area contributed by atoms with Crippen molar-refractivity contribution in [2.75, 3.05) is 24.6 Å². The number of nitrogens with zero attached hydrogens (tertiary/aromatic N) is 3. The number of benzene rings is 1. The molecule has 2 heterocycles. The number of hydrogen-bond donors (Lipinski definition) is 3. The second kappa shape index (κ2) is 11.5. The van der Waals surface area contributed by atoms with Crippen molar-refractivity contribution in [1.82, 2.24) is 9.97 Å². The summed E-state index contributed by atoms with van der Waals surface area (Å²) in [5.74, 6) is 0.856. The van der Waals surface area contributed by atoms with Gasteiger partial charge in [0.1, 0.15) is 11.6 Å². The van der Waals surface area contributed by atoms with Crippen LogP contribution in [0, 0.1) is 11.3 Å². The summed E-state index contributed by atoms with van der Waals surface area (Å²) in [6, 6.07) is 7.95. The Kier molecular flexibility index (Phi) is 8.44. The van der Waals surface area contributed by atoms with Crippen LogP contribution >= 0.6 is 0 Å². The van der Waals surface area contributed by atoms with E-state index in [4.69, 9.17) is 16.2 Å². The van der Waals surface area contributed by atoms with Crippen LogP contribution in [-0.2, 0) is 16.0 Å². The van der Waals surface area contributed by atoms with E-state index >= 15 is 0 Å². The van der Waals surface area contributed by atoms with Crippen LogP contribution in [0.3, 0.4) is 0 Å². The van der Waals surface area contributed by atoms with E-state index in [0.29, 0.717) is 31.6 Å². The topological polar surface area (TPSA) is 133 Å². The number of ketones is 2. The fourth-order valence-corrected chi connectivity index (χ4v) is 3.98. The number of carbonyl (C=O) groups excluding carboxylic acids is 2. The first-order valence-electron chi connectivity index (χ1n) is 11.1. The zero-order chi connectivity index (χ0) is 22.9. The number of amidine groups is 1. The van der Waals surface area contributed by atoms with E-state index in [9.17, 15) is 9.59 Å². The van der Waals surface area contributed by atoms with Crippen molar-refractivity contribution in [3.8, 4) is 11.1 Å². The minimum atomic E-state index is -0.0986. The Morgan fingerprint density at radius 3 is 2.50 bits per heavy atom. The third-order valence-electron chi connectivity index (χ3n) is 5.79. The number of nitrogens with two attached hydrogens (primary N) is 1. The first-order valence-corrected chi connectivity index (χ1v) is 11.1. The van der Waals surface area contributed by atoms with Crippen molar-refractivity contribution in [3.63, 3.8) is 0 Å². The Bertz CT molecular complexity index is 937. The number of carbonyl (C=O) groups is 2. The lowest BCUT2D eigenvalue weighted by Gasteiger charge is -2.31. The Labute approximate surface area is 188 Å². The van der Waals surface area contributed by atoms with Gasteiger partial charge < -0.3 is 15.7 Å². The molecule has 2 aromatic rings. The van der Waals surface area contributed by atoms with E-state index in [0.717, 1.165) is 42.6 Å². The second-order valence-electron chi connectivity index (χ2n) is 8.27. The summed E-state index contributed by atoms with van der Waals surface area (Å²) < 4.78 is 0. The summed E-state index contributed by atoms with van der Waals surface area (Å²) in [5.41, 5.74) is 8.22. The molecule has 1 aromatic heterocycles. The van der Waals surface area contributed by atoms with Crippen molar-refractivity contribution in [3.05, 3.63) is 42.2 Å². The lowest BCUT2D eigenvalue weighted by atomic mass is 9.90. The Balaban J connectivity index is 1.56. The molecule has 0 unspecified atom stereocenters. The van der Waals surface area contributed by atoms with Gasteiger partial charge >= 0.3 is 0 Å². The maximum Gasteiger partial charge on any atom is 0.225 e. The highest BCUT2D eigenvalue weighted by Gasteiger charge is 2.25. The third-order valence-corrected chi connectivity index (χ3v) is 5.79. The molecule has 0 amide bonds. The van der Waals surface area contributed by atoms with E-state index in [1.807, 2.05) is 24.3 Å². The number of aromatic nitrogens is 2. The zero-order valence-corrected chi connectivity index (χ0v) is 18.3. The van der Waals surface area contributed by atoms with Gasteiger partial charge in [0.05, 0.1) is 12.3 Å². The van der Waals surface area contributed by atoms with Crippen molar-refractivity contribution in [2.45, 2.75) is 44.9 Å². The van der Waals surface area contributed by atoms with Gasteiger partial charge in [0, 0.05) is 56.4 Å². The summed E-state index contributed by atoms with van der Waals surface area (Å²) >= 11 is 0. The molecule has 0 radical (unpaired) electrons. The SMILES string of the molecule is N=C(N)CC(=O)CCc1cccc(-c2cnc(N3CCC(C(=O)CCCO)CC3)nc2)c1. The van der Waals surface area contributed by atoms with E-state index in [1.54, 1.807) is 12.4 Å². The first kappa shape index (κ1) is 23.5. The highest BCUT2D eigenvalue weighted by Crippen LogP contribution is 2.25. The molecule has 0 bridgehead atoms. The maximum atomic E-state index is 12.2. The minimum Gasteiger partial charge on any atom is -0.396 e. The molecule has 0 atom stereocenters. The van der Waals surface area contributed by atoms with Crippen molar-refractivity contribution >= 4 is 23.4 Å². The normalized spacial score (nSPS) is 14.3. The van der Waals surface area contributed by atoms with Gasteiger partial charge in [-0.25, -0.2) is 9.97 Å². The Morgan fingerprint density at radius 1 is 1.12 bits per heavy atom. The quantitative estimate of drug-likeness (QED) is 0.363. The van der Waals surface area contributed by atoms with Crippen LogP contribution < -0.4 is 10.6 Å². The van der Waals surface area contributed by atoms with Crippen molar-refractivity contribution < 1.29 is 14.7 Å². The molecule has 1 fully saturated rings. The van der Waals surface area contributed by atoms with Crippen molar-refractivity contribution in [2.24, 2.45) is 11.7 Å². The van der Waals surface area contributed by atoms with Crippen LogP contribution in [0.15, 0.2) is 36.7 Å². The molecule has 4 N–H and O–H groups in total. The number of nitrogens with one attached hydrogen (secondary N) is 1. The van der Waals surface area contributed by atoms with Crippen molar-refractivity contribution in [1.29, 1.82) is 5.41 Å². The van der Waals surface area contributed by atoms with E-state index in [1.165, 1.54) is 0 Å². The molecule has 0 aliphatic carbocycles. The van der Waals surface area contributed by atoms with Crippen LogP contribution in [0.1, 0.15) is 44.1 Å². The molecule has 3 rings (SSSR count). The Hall–Kier alpha value is -3.13. The lowest BCUT2D eigenvalue weighted by Crippen LogP contribution is -2.37. The van der Waals surface area contributed by atoms with Gasteiger partial charge in [0.25, 0.3) is 0 Å². The smallest absolute Gasteiger partial charge is 0.225 e. The van der Waals surface area contributed by atoms with Crippen LogP contribution in [-0.4, -0.2) is 52.2 Å². The maximum absolute atomic E-state index is 12.2. The predicted molar refractivity (Wildman–Crippen MR) is 124 cm³/mol. The molecule has 1 aliphatic rings. The fraction of sp³-hybridized carbons (Fsp3) is 0.458. The van der Waals surface area contributed by atoms with Crippen LogP contribution in [0.5, 0.6) is 0 Å². The second-order valence-corrected chi connectivity index (χ2v) is 8.27. The van der Waals surface area contributed by atoms with Gasteiger partial charge in [0.2, 0.25) is 5.95 Å². The lowest BCUT2D eigenvalue weighted by molar-refractivity contribution is -0.123. The fourth-order valence-electron chi connectivity index (χ4n) is 3.98. The van der Waals surface area contributed by atoms with Gasteiger partial charge in [-0.05, 0) is 36.8 Å². The molecular formula is C24H31N5O3. The molecule has 0 saturated carbocycles. The molecular weight excluding hydrogens is 406 g/mol. The van der Waals surface area contributed by atoms with Crippen LogP contribution in [0.25, 0.3) is 11.1 Å². The van der Waals surface area contributed by atoms with Gasteiger partial charge in [0.15, 0.2) is 0 Å². The number of aliphatic hydroxyl groups is 1. The van der Waals surface area contributed by atoms with Gasteiger partial charge in [-0.3, -0.25) is 15.0 Å². The minimum absolute atomic E-state index is 0.00304. The monoisotopic (exact) mass is 437 g/mol. The largest absolute Gasteiger partial charge is 0.396 e. The average Bonchev–Trinajstić information content (AvgIpc) is 2.81. The number of Topliss-reactive ketones (excluding diaryl/α,β-unsaturated/α-hetero) is 2. The average molecular weight is 438 g/mol. The summed E-state index contributed by atoms with van der Waals surface area (Å²) in [6.07, 6.45) is 7.15. The standard InChI is InChI=1S/C24H31N5O3/c25-23(26)14-21(31)7-6-17-3-1-4-19(13-17)20-15-27-24(28-16-20)29-10-8-18(9-11-29)22(32)5-2-12-30/h1,3-4,13,15-16,18,30H,2,5-12,14H2,(H3,25,26). The molecule has 0 spiro atoms. The molecule has 8 heteroatoms. The summed E-state index contributed by atoms with van der Waals surface area (Å²) in [5, 5.41) is 16.1. The molecule has 1 aromatic carbocycles. The van der Waals surface area contributed by atoms with Crippen LogP contribution in [0.2, 0.25) is 0 Å². The van der Waals surface area contributed by atoms with E-state index in [-0.39, 0.29) is 36.3 Å². The number of aliphatic hydroxyl groups excluding tert-OH is 1. The molecule has 32 heavy (non-hydrogen) atoms. The number of piperidine rings is 1. The predicted octanol–water partition coefficient (Wildman–Crippen LogP) is 2.53. The summed E-state index contributed by atoms with van der Waals surface area (Å²) in [4.78, 5) is 35.2. The van der Waals surface area contributed by atoms with Gasteiger partial charge in [-0.15, -0.1) is 0 Å². The highest BCUT2D eigenvalue weighted by molar-refractivity contribution is 5.98. The number of aryl methyl sites for hydroxylation is 1.